The lowest BCUT2D eigenvalue weighted by molar-refractivity contribution is -0.121. The summed E-state index contributed by atoms with van der Waals surface area (Å²) in [5, 5.41) is 2.90. The highest BCUT2D eigenvalue weighted by atomic mass is 16.1. The first-order chi connectivity index (χ1) is 9.24. The van der Waals surface area contributed by atoms with Crippen LogP contribution in [0.25, 0.3) is 0 Å². The summed E-state index contributed by atoms with van der Waals surface area (Å²) in [6.07, 6.45) is 4.78. The van der Waals surface area contributed by atoms with Crippen LogP contribution in [0.4, 0.5) is 0 Å². The van der Waals surface area contributed by atoms with E-state index in [0.29, 0.717) is 13.0 Å². The molecule has 0 aliphatic carbocycles. The van der Waals surface area contributed by atoms with Crippen LogP contribution < -0.4 is 5.32 Å². The Kier molecular flexibility index (Phi) is 4.67. The molecule has 0 aliphatic rings. The Labute approximate surface area is 113 Å². The molecule has 0 fully saturated rings. The Morgan fingerprint density at radius 3 is 2.63 bits per heavy atom. The molecule has 3 nitrogen and oxygen atoms in total. The molecule has 0 saturated heterocycles. The molecule has 2 aromatic rings. The third kappa shape index (κ3) is 4.54. The summed E-state index contributed by atoms with van der Waals surface area (Å²) < 4.78 is 0. The lowest BCUT2D eigenvalue weighted by Crippen LogP contribution is -2.23. The van der Waals surface area contributed by atoms with Gasteiger partial charge in [0.15, 0.2) is 0 Å². The zero-order valence-electron chi connectivity index (χ0n) is 11.1. The Bertz CT molecular complexity index is 520. The maximum Gasteiger partial charge on any atom is 0.220 e. The topological polar surface area (TPSA) is 42.0 Å². The van der Waals surface area contributed by atoms with Crippen molar-refractivity contribution in [2.75, 3.05) is 0 Å². The van der Waals surface area contributed by atoms with Crippen LogP contribution in [0.5, 0.6) is 0 Å². The molecule has 0 unspecified atom stereocenters. The predicted octanol–water partition coefficient (Wildman–Crippen LogP) is 2.64. The molecular formula is C16H18N2O. The number of amides is 1. The van der Waals surface area contributed by atoms with Crippen LogP contribution in [0.15, 0.2) is 48.8 Å². The van der Waals surface area contributed by atoms with Gasteiger partial charge in [-0.25, -0.2) is 0 Å². The summed E-state index contributed by atoms with van der Waals surface area (Å²) in [4.78, 5) is 15.7. The first kappa shape index (κ1) is 13.3. The molecule has 0 atom stereocenters. The highest BCUT2D eigenvalue weighted by Crippen LogP contribution is 2.05. The summed E-state index contributed by atoms with van der Waals surface area (Å²) in [5.41, 5.74) is 3.46. The Morgan fingerprint density at radius 2 is 1.95 bits per heavy atom. The number of nitrogens with zero attached hydrogens (tertiary/aromatic N) is 1. The van der Waals surface area contributed by atoms with E-state index in [0.717, 1.165) is 12.0 Å². The maximum atomic E-state index is 11.7. The van der Waals surface area contributed by atoms with E-state index in [-0.39, 0.29) is 5.91 Å². The Hall–Kier alpha value is -2.16. The normalized spacial score (nSPS) is 10.2. The van der Waals surface area contributed by atoms with Crippen molar-refractivity contribution < 1.29 is 4.79 Å². The molecule has 1 aromatic carbocycles. The fraction of sp³-hybridized carbons (Fsp3) is 0.250. The summed E-state index contributed by atoms with van der Waals surface area (Å²) in [5.74, 6) is 0.0735. The number of aryl methyl sites for hydroxylation is 2. The zero-order valence-corrected chi connectivity index (χ0v) is 11.1. The van der Waals surface area contributed by atoms with E-state index in [1.54, 1.807) is 12.4 Å². The van der Waals surface area contributed by atoms with E-state index in [1.165, 1.54) is 11.1 Å². The second-order valence-corrected chi connectivity index (χ2v) is 4.62. The molecule has 2 rings (SSSR count). The zero-order chi connectivity index (χ0) is 13.5. The standard InChI is InChI=1S/C16H18N2O/c1-13-4-6-14(7-5-13)8-9-16(19)18-12-15-3-2-10-17-11-15/h2-7,10-11H,8-9,12H2,1H3,(H,18,19). The quantitative estimate of drug-likeness (QED) is 0.891. The summed E-state index contributed by atoms with van der Waals surface area (Å²) in [7, 11) is 0. The average molecular weight is 254 g/mol. The number of aromatic nitrogens is 1. The molecule has 0 radical (unpaired) electrons. The number of hydrogen-bond donors (Lipinski definition) is 1. The second-order valence-electron chi connectivity index (χ2n) is 4.62. The van der Waals surface area contributed by atoms with E-state index in [1.807, 2.05) is 12.1 Å². The van der Waals surface area contributed by atoms with E-state index in [9.17, 15) is 4.79 Å². The van der Waals surface area contributed by atoms with Crippen LogP contribution >= 0.6 is 0 Å². The van der Waals surface area contributed by atoms with E-state index in [2.05, 4.69) is 41.5 Å². The van der Waals surface area contributed by atoms with Crippen molar-refractivity contribution in [3.05, 3.63) is 65.5 Å². The maximum absolute atomic E-state index is 11.7. The number of carbonyl (C=O) groups is 1. The van der Waals surface area contributed by atoms with Crippen molar-refractivity contribution in [2.24, 2.45) is 0 Å². The number of hydrogen-bond acceptors (Lipinski definition) is 2. The van der Waals surface area contributed by atoms with Crippen molar-refractivity contribution >= 4 is 5.91 Å². The van der Waals surface area contributed by atoms with Crippen molar-refractivity contribution in [3.63, 3.8) is 0 Å². The van der Waals surface area contributed by atoms with Crippen LogP contribution in [0, 0.1) is 6.92 Å². The van der Waals surface area contributed by atoms with Gasteiger partial charge in [0.05, 0.1) is 0 Å². The van der Waals surface area contributed by atoms with Crippen LogP contribution in [0.1, 0.15) is 23.1 Å². The van der Waals surface area contributed by atoms with Gasteiger partial charge in [0, 0.05) is 25.4 Å². The molecule has 1 aromatic heterocycles. The van der Waals surface area contributed by atoms with Gasteiger partial charge in [-0.1, -0.05) is 35.9 Å². The first-order valence-electron chi connectivity index (χ1n) is 6.45. The van der Waals surface area contributed by atoms with Gasteiger partial charge >= 0.3 is 0 Å². The van der Waals surface area contributed by atoms with Crippen LogP contribution in [0.3, 0.4) is 0 Å². The molecule has 3 heteroatoms. The molecule has 0 spiro atoms. The highest BCUT2D eigenvalue weighted by Gasteiger charge is 2.02. The third-order valence-electron chi connectivity index (χ3n) is 2.97. The van der Waals surface area contributed by atoms with Crippen LogP contribution in [-0.4, -0.2) is 10.9 Å². The van der Waals surface area contributed by atoms with Gasteiger partial charge in [-0.05, 0) is 30.5 Å². The van der Waals surface area contributed by atoms with E-state index in [4.69, 9.17) is 0 Å². The second kappa shape index (κ2) is 6.69. The minimum absolute atomic E-state index is 0.0735. The van der Waals surface area contributed by atoms with Crippen molar-refractivity contribution in [2.45, 2.75) is 26.3 Å². The smallest absolute Gasteiger partial charge is 0.220 e. The minimum atomic E-state index is 0.0735. The summed E-state index contributed by atoms with van der Waals surface area (Å²) in [6.45, 7) is 2.60. The number of rotatable bonds is 5. The Morgan fingerprint density at radius 1 is 1.16 bits per heavy atom. The SMILES string of the molecule is Cc1ccc(CCC(=O)NCc2cccnc2)cc1. The van der Waals surface area contributed by atoms with Gasteiger partial charge in [-0.2, -0.15) is 0 Å². The largest absolute Gasteiger partial charge is 0.352 e. The molecule has 1 amide bonds. The molecule has 0 bridgehead atoms. The molecule has 1 N–H and O–H groups in total. The van der Waals surface area contributed by atoms with Crippen LogP contribution in [0.2, 0.25) is 0 Å². The van der Waals surface area contributed by atoms with Gasteiger partial charge in [-0.15, -0.1) is 0 Å². The fourth-order valence-corrected chi connectivity index (χ4v) is 1.80. The molecule has 0 saturated carbocycles. The highest BCUT2D eigenvalue weighted by molar-refractivity contribution is 5.76. The van der Waals surface area contributed by atoms with Gasteiger partial charge in [0.1, 0.15) is 0 Å². The van der Waals surface area contributed by atoms with Crippen LogP contribution in [-0.2, 0) is 17.8 Å². The first-order valence-corrected chi connectivity index (χ1v) is 6.45. The number of carbonyl (C=O) groups excluding carboxylic acids is 1. The van der Waals surface area contributed by atoms with Gasteiger partial charge in [-0.3, -0.25) is 9.78 Å². The average Bonchev–Trinajstić information content (AvgIpc) is 2.45. The summed E-state index contributed by atoms with van der Waals surface area (Å²) in [6, 6.07) is 12.1. The third-order valence-corrected chi connectivity index (χ3v) is 2.97. The van der Waals surface area contributed by atoms with Crippen molar-refractivity contribution in [1.82, 2.24) is 10.3 Å². The minimum Gasteiger partial charge on any atom is -0.352 e. The summed E-state index contributed by atoms with van der Waals surface area (Å²) >= 11 is 0. The molecule has 19 heavy (non-hydrogen) atoms. The number of pyridine rings is 1. The predicted molar refractivity (Wildman–Crippen MR) is 75.6 cm³/mol. The van der Waals surface area contributed by atoms with Crippen molar-refractivity contribution in [3.8, 4) is 0 Å². The van der Waals surface area contributed by atoms with E-state index < -0.39 is 0 Å². The number of benzene rings is 1. The van der Waals surface area contributed by atoms with Gasteiger partial charge < -0.3 is 5.32 Å². The fourth-order valence-electron chi connectivity index (χ4n) is 1.80. The van der Waals surface area contributed by atoms with Gasteiger partial charge in [0.2, 0.25) is 5.91 Å². The lowest BCUT2D eigenvalue weighted by atomic mass is 10.1. The lowest BCUT2D eigenvalue weighted by Gasteiger charge is -2.05. The van der Waals surface area contributed by atoms with Crippen molar-refractivity contribution in [1.29, 1.82) is 0 Å². The monoisotopic (exact) mass is 254 g/mol. The molecule has 1 heterocycles. The molecule has 98 valence electrons. The Balaban J connectivity index is 1.74. The van der Waals surface area contributed by atoms with E-state index >= 15 is 0 Å². The molecular weight excluding hydrogens is 236 g/mol. The van der Waals surface area contributed by atoms with Gasteiger partial charge in [0.25, 0.3) is 0 Å². The molecule has 0 aliphatic heterocycles. The number of nitrogens with one attached hydrogen (secondary N) is 1.